The Morgan fingerprint density at radius 2 is 1.88 bits per heavy atom. The molecule has 0 amide bonds. The molecule has 4 rings (SSSR count). The largest absolute Gasteiger partial charge is 0.454 e. The van der Waals surface area contributed by atoms with E-state index in [1.807, 2.05) is 6.07 Å². The fourth-order valence-corrected chi connectivity index (χ4v) is 4.52. The van der Waals surface area contributed by atoms with Crippen LogP contribution in [0.1, 0.15) is 38.2 Å². The summed E-state index contributed by atoms with van der Waals surface area (Å²) in [6, 6.07) is 6.81. The summed E-state index contributed by atoms with van der Waals surface area (Å²) in [6.07, 6.45) is 5.27. The van der Waals surface area contributed by atoms with Crippen molar-refractivity contribution in [2.45, 2.75) is 45.2 Å². The van der Waals surface area contributed by atoms with E-state index in [0.29, 0.717) is 12.8 Å². The number of benzene rings is 1. The van der Waals surface area contributed by atoms with Crippen LogP contribution in [0.3, 0.4) is 0 Å². The molecule has 1 aromatic carbocycles. The molecule has 1 aliphatic carbocycles. The van der Waals surface area contributed by atoms with Gasteiger partial charge in [0.2, 0.25) is 6.79 Å². The first kappa shape index (κ1) is 17.9. The van der Waals surface area contributed by atoms with E-state index in [0.717, 1.165) is 55.3 Å². The van der Waals surface area contributed by atoms with E-state index >= 15 is 0 Å². The first-order valence-electron chi connectivity index (χ1n) is 9.85. The van der Waals surface area contributed by atoms with Crippen molar-refractivity contribution in [2.75, 3.05) is 33.0 Å². The molecule has 2 atom stereocenters. The second-order valence-corrected chi connectivity index (χ2v) is 8.16. The van der Waals surface area contributed by atoms with Gasteiger partial charge in [-0.05, 0) is 48.7 Å². The Balaban J connectivity index is 1.25. The van der Waals surface area contributed by atoms with E-state index in [1.54, 1.807) is 0 Å². The number of fused-ring (bicyclic) bond motifs is 1. The molecule has 2 fully saturated rings. The van der Waals surface area contributed by atoms with Crippen LogP contribution in [0.15, 0.2) is 18.2 Å². The van der Waals surface area contributed by atoms with E-state index < -0.39 is 0 Å². The molecule has 0 radical (unpaired) electrons. The predicted octanol–water partition coefficient (Wildman–Crippen LogP) is 2.99. The molecule has 0 unspecified atom stereocenters. The highest BCUT2D eigenvalue weighted by atomic mass is 32.1. The van der Waals surface area contributed by atoms with Gasteiger partial charge in [-0.3, -0.25) is 4.90 Å². The van der Waals surface area contributed by atoms with Gasteiger partial charge in [0, 0.05) is 38.8 Å². The number of hydrogen-bond donors (Lipinski definition) is 1. The van der Waals surface area contributed by atoms with Crippen molar-refractivity contribution >= 4 is 17.3 Å². The Kier molecular flexibility index (Phi) is 5.50. The van der Waals surface area contributed by atoms with Crippen molar-refractivity contribution in [1.29, 1.82) is 0 Å². The van der Waals surface area contributed by atoms with Gasteiger partial charge >= 0.3 is 0 Å². The molecule has 1 saturated carbocycles. The number of piperazine rings is 1. The molecule has 6 heteroatoms. The minimum absolute atomic E-state index is 0.335. The normalized spacial score (nSPS) is 26.0. The molecular weight excluding hydrogens is 346 g/mol. The van der Waals surface area contributed by atoms with Crippen molar-refractivity contribution in [2.24, 2.45) is 5.92 Å². The van der Waals surface area contributed by atoms with Crippen LogP contribution in [0.2, 0.25) is 0 Å². The summed E-state index contributed by atoms with van der Waals surface area (Å²) in [6.45, 7) is 7.70. The number of nitrogens with zero attached hydrogens (tertiary/aromatic N) is 2. The average molecular weight is 376 g/mol. The minimum Gasteiger partial charge on any atom is -0.454 e. The topological polar surface area (TPSA) is 37.0 Å². The van der Waals surface area contributed by atoms with Gasteiger partial charge in [0.25, 0.3) is 0 Å². The molecule has 1 aromatic rings. The quantitative estimate of drug-likeness (QED) is 0.819. The smallest absolute Gasteiger partial charge is 0.231 e. The fraction of sp³-hybridized carbons (Fsp3) is 0.650. The Morgan fingerprint density at radius 1 is 1.12 bits per heavy atom. The third-order valence-corrected chi connectivity index (χ3v) is 6.30. The van der Waals surface area contributed by atoms with E-state index in [-0.39, 0.29) is 0 Å². The minimum atomic E-state index is 0.335. The molecule has 142 valence electrons. The zero-order valence-electron chi connectivity index (χ0n) is 15.6. The molecule has 1 N–H and O–H groups in total. The zero-order chi connectivity index (χ0) is 17.9. The van der Waals surface area contributed by atoms with E-state index in [1.165, 1.54) is 31.2 Å². The molecule has 0 bridgehead atoms. The van der Waals surface area contributed by atoms with E-state index in [2.05, 4.69) is 34.2 Å². The highest BCUT2D eigenvalue weighted by molar-refractivity contribution is 7.80. The molecule has 3 aliphatic rings. The lowest BCUT2D eigenvalue weighted by molar-refractivity contribution is 0.170. The second kappa shape index (κ2) is 8.01. The third-order valence-electron chi connectivity index (χ3n) is 5.92. The Labute approximate surface area is 161 Å². The number of ether oxygens (including phenoxy) is 2. The van der Waals surface area contributed by atoms with Crippen molar-refractivity contribution < 1.29 is 9.47 Å². The predicted molar refractivity (Wildman–Crippen MR) is 107 cm³/mol. The van der Waals surface area contributed by atoms with Crippen LogP contribution >= 0.6 is 12.2 Å². The zero-order valence-corrected chi connectivity index (χ0v) is 16.4. The first-order chi connectivity index (χ1) is 12.7. The van der Waals surface area contributed by atoms with Gasteiger partial charge in [0.1, 0.15) is 0 Å². The lowest BCUT2D eigenvalue weighted by Gasteiger charge is -2.39. The van der Waals surface area contributed by atoms with Crippen LogP contribution in [-0.4, -0.2) is 53.9 Å². The van der Waals surface area contributed by atoms with Gasteiger partial charge in [0.15, 0.2) is 16.6 Å². The van der Waals surface area contributed by atoms with Crippen molar-refractivity contribution in [3.63, 3.8) is 0 Å². The number of thiocarbonyl (C=S) groups is 1. The van der Waals surface area contributed by atoms with Gasteiger partial charge in [-0.25, -0.2) is 0 Å². The van der Waals surface area contributed by atoms with Crippen LogP contribution in [-0.2, 0) is 6.54 Å². The first-order valence-corrected chi connectivity index (χ1v) is 10.3. The molecule has 2 heterocycles. The van der Waals surface area contributed by atoms with Gasteiger partial charge in [0.05, 0.1) is 0 Å². The van der Waals surface area contributed by atoms with Crippen LogP contribution in [0.5, 0.6) is 11.5 Å². The van der Waals surface area contributed by atoms with Crippen LogP contribution in [0, 0.1) is 5.92 Å². The summed E-state index contributed by atoms with van der Waals surface area (Å²) >= 11 is 5.70. The van der Waals surface area contributed by atoms with E-state index in [9.17, 15) is 0 Å². The number of nitrogens with one attached hydrogen (secondary N) is 1. The maximum absolute atomic E-state index is 5.70. The summed E-state index contributed by atoms with van der Waals surface area (Å²) in [7, 11) is 0. The van der Waals surface area contributed by atoms with Crippen LogP contribution in [0.4, 0.5) is 0 Å². The lowest BCUT2D eigenvalue weighted by Crippen LogP contribution is -2.54. The number of hydrogen-bond acceptors (Lipinski definition) is 4. The van der Waals surface area contributed by atoms with Crippen molar-refractivity contribution in [1.82, 2.24) is 15.1 Å². The Morgan fingerprint density at radius 3 is 2.69 bits per heavy atom. The molecular formula is C20H29N3O2S. The SMILES string of the molecule is C[C@@H]1CCCC[C@H]1NC(=S)N1CCN(Cc2ccc3c(c2)OCO3)CC1. The number of rotatable bonds is 3. The molecule has 5 nitrogen and oxygen atoms in total. The molecule has 2 aliphatic heterocycles. The van der Waals surface area contributed by atoms with E-state index in [4.69, 9.17) is 21.7 Å². The summed E-state index contributed by atoms with van der Waals surface area (Å²) in [5, 5.41) is 4.59. The Hall–Kier alpha value is -1.53. The van der Waals surface area contributed by atoms with Crippen LogP contribution < -0.4 is 14.8 Å². The molecule has 26 heavy (non-hydrogen) atoms. The molecule has 1 saturated heterocycles. The summed E-state index contributed by atoms with van der Waals surface area (Å²) in [5.41, 5.74) is 1.28. The highest BCUT2D eigenvalue weighted by Crippen LogP contribution is 2.32. The van der Waals surface area contributed by atoms with Gasteiger partial charge in [-0.2, -0.15) is 0 Å². The third kappa shape index (κ3) is 4.07. The van der Waals surface area contributed by atoms with Gasteiger partial charge in [-0.15, -0.1) is 0 Å². The average Bonchev–Trinajstić information content (AvgIpc) is 3.12. The van der Waals surface area contributed by atoms with Gasteiger partial charge < -0.3 is 19.7 Å². The standard InChI is InChI=1S/C20H29N3O2S/c1-15-4-2-3-5-17(15)21-20(26)23-10-8-22(9-11-23)13-16-6-7-18-19(12-16)25-14-24-18/h6-7,12,15,17H,2-5,8-11,13-14H2,1H3,(H,21,26)/t15-,17-/m1/s1. The maximum atomic E-state index is 5.70. The second-order valence-electron chi connectivity index (χ2n) is 7.77. The Bertz CT molecular complexity index is 646. The summed E-state index contributed by atoms with van der Waals surface area (Å²) in [4.78, 5) is 4.83. The van der Waals surface area contributed by atoms with Gasteiger partial charge in [-0.1, -0.05) is 25.8 Å². The van der Waals surface area contributed by atoms with Crippen LogP contribution in [0.25, 0.3) is 0 Å². The fourth-order valence-electron chi connectivity index (χ4n) is 4.19. The summed E-state index contributed by atoms with van der Waals surface area (Å²) < 4.78 is 10.9. The van der Waals surface area contributed by atoms with Crippen molar-refractivity contribution in [3.8, 4) is 11.5 Å². The molecule has 0 spiro atoms. The maximum Gasteiger partial charge on any atom is 0.231 e. The summed E-state index contributed by atoms with van der Waals surface area (Å²) in [5.74, 6) is 2.45. The lowest BCUT2D eigenvalue weighted by atomic mass is 9.86. The van der Waals surface area contributed by atoms with Crippen molar-refractivity contribution in [3.05, 3.63) is 23.8 Å². The highest BCUT2D eigenvalue weighted by Gasteiger charge is 2.25. The molecule has 0 aromatic heterocycles. The monoisotopic (exact) mass is 375 g/mol.